The largest absolute Gasteiger partial charge is 0.439 e. The quantitative estimate of drug-likeness (QED) is 0.0583. The summed E-state index contributed by atoms with van der Waals surface area (Å²) in [7, 11) is -15.4. The highest BCUT2D eigenvalue weighted by atomic mass is 31.2. The second-order valence-electron chi connectivity index (χ2n) is 22.2. The molecule has 8 aromatic carbocycles. The first kappa shape index (κ1) is 59.3. The number of nitrogens with zero attached hydrogens (tertiary/aromatic N) is 6. The maximum Gasteiger partial charge on any atom is 0.336 e. The molecule has 91 heavy (non-hydrogen) atoms. The second kappa shape index (κ2) is 23.5. The van der Waals surface area contributed by atoms with Gasteiger partial charge >= 0.3 is 34.1 Å². The zero-order valence-corrected chi connectivity index (χ0v) is 52.1. The van der Waals surface area contributed by atoms with Gasteiger partial charge in [-0.2, -0.15) is 0 Å². The molecule has 4 unspecified atom stereocenters. The Labute approximate surface area is 518 Å². The van der Waals surface area contributed by atoms with E-state index in [0.717, 1.165) is 27.4 Å². The van der Waals surface area contributed by atoms with Gasteiger partial charge in [-0.15, -0.1) is 0 Å². The summed E-state index contributed by atoms with van der Waals surface area (Å²) in [5.41, 5.74) is -0.933. The number of hydrogen-bond acceptors (Lipinski definition) is 15. The Hall–Kier alpha value is -9.34. The fraction of sp³-hybridized carbons (Fsp3) is 0.182. The van der Waals surface area contributed by atoms with Gasteiger partial charge in [-0.25, -0.2) is 56.2 Å². The van der Waals surface area contributed by atoms with Gasteiger partial charge in [0.1, 0.15) is 23.0 Å². The van der Waals surface area contributed by atoms with Crippen LogP contribution in [-0.4, -0.2) is 65.3 Å². The predicted octanol–water partition coefficient (Wildman–Crippen LogP) is 8.03. The van der Waals surface area contributed by atoms with Gasteiger partial charge in [0.05, 0.1) is 72.2 Å². The van der Waals surface area contributed by atoms with Crippen molar-refractivity contribution < 1.29 is 41.1 Å². The average molecular weight is 1300 g/mol. The fourth-order valence-electron chi connectivity index (χ4n) is 12.4. The van der Waals surface area contributed by atoms with Crippen molar-refractivity contribution in [2.45, 2.75) is 39.3 Å². The third-order valence-corrected chi connectivity index (χ3v) is 26.6. The van der Waals surface area contributed by atoms with Gasteiger partial charge in [-0.05, 0) is 70.8 Å². The first-order valence-electron chi connectivity index (χ1n) is 29.4. The van der Waals surface area contributed by atoms with E-state index in [1.54, 1.807) is 121 Å². The summed E-state index contributed by atoms with van der Waals surface area (Å²) in [6.07, 6.45) is -1.39. The molecule has 0 amide bonds. The number of ether oxygens (including phenoxy) is 1. The zero-order chi connectivity index (χ0) is 62.8. The molecule has 0 spiro atoms. The molecule has 0 N–H and O–H groups in total. The summed E-state index contributed by atoms with van der Waals surface area (Å²) < 4.78 is 95.7. The first-order valence-corrected chi connectivity index (χ1v) is 36.7. The molecule has 0 fully saturated rings. The van der Waals surface area contributed by atoms with Crippen LogP contribution in [0.4, 0.5) is 0 Å². The van der Waals surface area contributed by atoms with Gasteiger partial charge in [0.15, 0.2) is 0 Å². The van der Waals surface area contributed by atoms with Crippen LogP contribution in [0.15, 0.2) is 223 Å². The van der Waals surface area contributed by atoms with Crippen LogP contribution in [0.5, 0.6) is 23.0 Å². The van der Waals surface area contributed by atoms with E-state index in [1.165, 1.54) is 0 Å². The van der Waals surface area contributed by atoms with Crippen LogP contribution in [0.2, 0.25) is 0 Å². The van der Waals surface area contributed by atoms with Gasteiger partial charge in [0.2, 0.25) is 0 Å². The molecule has 0 saturated heterocycles. The summed E-state index contributed by atoms with van der Waals surface area (Å²) in [5.74, 6) is 1.40. The minimum Gasteiger partial charge on any atom is -0.439 e. The average Bonchev–Trinajstić information content (AvgIpc) is 0.893. The molecule has 4 aliphatic rings. The van der Waals surface area contributed by atoms with E-state index in [9.17, 15) is 28.8 Å². The molecule has 4 atom stereocenters. The Kier molecular flexibility index (Phi) is 15.3. The highest BCUT2D eigenvalue weighted by Crippen LogP contribution is 2.58. The number of aromatic nitrogens is 6. The number of rotatable bonds is 18. The van der Waals surface area contributed by atoms with Gasteiger partial charge in [-0.1, -0.05) is 146 Å². The van der Waals surface area contributed by atoms with E-state index in [4.69, 9.17) is 22.8 Å². The van der Waals surface area contributed by atoms with Crippen molar-refractivity contribution in [2.24, 2.45) is 0 Å². The normalized spacial score (nSPS) is 19.4. The second-order valence-corrected chi connectivity index (χ2v) is 32.1. The summed E-state index contributed by atoms with van der Waals surface area (Å²) >= 11 is 0. The van der Waals surface area contributed by atoms with Gasteiger partial charge in [0.25, 0.3) is 29.5 Å². The molecule has 0 saturated carbocycles. The lowest BCUT2D eigenvalue weighted by Gasteiger charge is -2.29. The summed E-state index contributed by atoms with van der Waals surface area (Å²) in [6.45, 7) is -3.76. The van der Waals surface area contributed by atoms with Crippen LogP contribution < -0.4 is 73.5 Å². The van der Waals surface area contributed by atoms with Gasteiger partial charge in [0, 0.05) is 48.4 Å². The summed E-state index contributed by atoms with van der Waals surface area (Å²) in [5, 5.41) is 1.53. The maximum atomic E-state index is 15.0. The maximum absolute atomic E-state index is 15.0. The molecule has 460 valence electrons. The number of benzene rings is 8. The molecular weight excluding hydrogens is 1240 g/mol. The molecule has 0 bridgehead atoms. The lowest BCUT2D eigenvalue weighted by Crippen LogP contribution is -2.56. The number of hydrogen-bond donors (Lipinski definition) is 0. The van der Waals surface area contributed by atoms with E-state index in [1.807, 2.05) is 72.8 Å². The standard InChI is InChI=1S/C66H56N6O15P4/c73-61-67(62(74)70(36-42-89(80)58-30-14-6-22-50(58)46-18-2-10-26-54(46)85-89)65(77)69(61)35-41-88(79)57-29-13-5-21-49(57)45-17-1-9-25-53(45)84-88)33-39-83-40-34-68-63(75)71(37-43-90(81)59-31-15-7-23-51(59)47-19-3-11-27-55(47)86-90)66(78)72(64(68)76)38-44-91(82)60-32-16-8-24-52(60)48-20-4-12-28-56(48)87-91/h1-32H,33-44H2. The van der Waals surface area contributed by atoms with Crippen molar-refractivity contribution in [2.75, 3.05) is 37.9 Å². The third-order valence-electron chi connectivity index (χ3n) is 16.9. The van der Waals surface area contributed by atoms with E-state index >= 15 is 18.3 Å². The van der Waals surface area contributed by atoms with Crippen molar-refractivity contribution in [3.05, 3.63) is 257 Å². The minimum atomic E-state index is -3.86. The molecule has 25 heteroatoms. The van der Waals surface area contributed by atoms with Gasteiger partial charge in [-0.3, -0.25) is 18.3 Å². The highest BCUT2D eigenvalue weighted by Gasteiger charge is 2.41. The Morgan fingerprint density at radius 3 is 0.670 bits per heavy atom. The van der Waals surface area contributed by atoms with Crippen LogP contribution in [0, 0.1) is 0 Å². The van der Waals surface area contributed by atoms with Crippen molar-refractivity contribution in [1.29, 1.82) is 0 Å². The Morgan fingerprint density at radius 1 is 0.253 bits per heavy atom. The van der Waals surface area contributed by atoms with Crippen LogP contribution in [0.25, 0.3) is 44.5 Å². The summed E-state index contributed by atoms with van der Waals surface area (Å²) in [6, 6.07) is 56.2. The predicted molar refractivity (Wildman–Crippen MR) is 348 cm³/mol. The summed E-state index contributed by atoms with van der Waals surface area (Å²) in [4.78, 5) is 88.0. The minimum absolute atomic E-state index is 0.347. The smallest absolute Gasteiger partial charge is 0.336 e. The Balaban J connectivity index is 0.767. The number of fused-ring (bicyclic) bond motifs is 12. The molecule has 10 aromatic rings. The molecule has 6 heterocycles. The molecule has 2 aromatic heterocycles. The molecule has 0 aliphatic carbocycles. The molecule has 21 nitrogen and oxygen atoms in total. The van der Waals surface area contributed by atoms with Crippen LogP contribution in [0.3, 0.4) is 0 Å². The Bertz CT molecular complexity index is 4610. The van der Waals surface area contributed by atoms with Gasteiger partial charge < -0.3 is 22.8 Å². The molecular formula is C66H56N6O15P4. The highest BCUT2D eigenvalue weighted by molar-refractivity contribution is 7.69. The van der Waals surface area contributed by atoms with Crippen LogP contribution in [0.1, 0.15) is 0 Å². The number of para-hydroxylation sites is 4. The van der Waals surface area contributed by atoms with E-state index in [0.29, 0.717) is 88.7 Å². The first-order chi connectivity index (χ1) is 44.1. The van der Waals surface area contributed by atoms with Crippen molar-refractivity contribution in [1.82, 2.24) is 27.4 Å². The molecule has 0 radical (unpaired) electrons. The van der Waals surface area contributed by atoms with Crippen molar-refractivity contribution in [3.63, 3.8) is 0 Å². The third kappa shape index (κ3) is 10.4. The zero-order valence-electron chi connectivity index (χ0n) is 48.6. The van der Waals surface area contributed by atoms with E-state index in [-0.39, 0.29) is 24.6 Å². The fourth-order valence-corrected chi connectivity index (χ4v) is 21.4. The molecule has 14 rings (SSSR count). The molecule has 4 aliphatic heterocycles. The topological polar surface area (TPSA) is 246 Å². The monoisotopic (exact) mass is 1300 g/mol. The van der Waals surface area contributed by atoms with Crippen LogP contribution >= 0.6 is 29.5 Å². The Morgan fingerprint density at radius 2 is 0.440 bits per heavy atom. The van der Waals surface area contributed by atoms with Crippen molar-refractivity contribution >= 4 is 50.7 Å². The lowest BCUT2D eigenvalue weighted by molar-refractivity contribution is 0.113. The van der Waals surface area contributed by atoms with E-state index < -0.39 is 116 Å². The van der Waals surface area contributed by atoms with Crippen LogP contribution in [-0.2, 0) is 62.3 Å². The van der Waals surface area contributed by atoms with Crippen molar-refractivity contribution in [3.8, 4) is 67.5 Å². The van der Waals surface area contributed by atoms with E-state index in [2.05, 4.69) is 0 Å². The SMILES string of the molecule is O=c1n(CCOCCn2c(=O)n(CCP3(=O)Oc4ccccc4-c4ccccc43)c(=O)n(CCP3(=O)Oc4ccccc4-c4ccccc43)c2=O)c(=O)n(CCP2(=O)Oc3ccccc3-c3ccccc32)c(=O)n1CCP1(=O)Oc2ccccc2-c2ccccc21. The lowest BCUT2D eigenvalue weighted by atomic mass is 10.0.